The van der Waals surface area contributed by atoms with Crippen LogP contribution < -0.4 is 0 Å². The highest BCUT2D eigenvalue weighted by atomic mass is 19.1. The van der Waals surface area contributed by atoms with Gasteiger partial charge in [-0.2, -0.15) is 0 Å². The Morgan fingerprint density at radius 3 is 2.61 bits per heavy atom. The van der Waals surface area contributed by atoms with Crippen LogP contribution in [-0.4, -0.2) is 57.2 Å². The summed E-state index contributed by atoms with van der Waals surface area (Å²) in [6, 6.07) is 0. The maximum absolute atomic E-state index is 17.0. The number of hydrogen-bond donors (Lipinski definition) is 3. The van der Waals surface area contributed by atoms with E-state index < -0.39 is 64.5 Å². The minimum Gasteiger partial charge on any atom is -0.458 e. The first-order valence-corrected chi connectivity index (χ1v) is 10.8. The molecule has 4 aliphatic carbocycles. The van der Waals surface area contributed by atoms with Gasteiger partial charge in [0.05, 0.1) is 12.2 Å². The molecular formula is C24H31FO6. The van der Waals surface area contributed by atoms with Gasteiger partial charge >= 0.3 is 5.97 Å². The van der Waals surface area contributed by atoms with E-state index in [1.165, 1.54) is 6.92 Å². The number of fused-ring (bicyclic) bond motifs is 5. The summed E-state index contributed by atoms with van der Waals surface area (Å²) in [5.74, 6) is -2.37. The molecule has 6 nitrogen and oxygen atoms in total. The number of ketones is 1. The van der Waals surface area contributed by atoms with E-state index in [1.807, 2.05) is 0 Å². The van der Waals surface area contributed by atoms with Gasteiger partial charge < -0.3 is 20.1 Å². The summed E-state index contributed by atoms with van der Waals surface area (Å²) in [5, 5.41) is 32.8. The van der Waals surface area contributed by atoms with Crippen molar-refractivity contribution in [3.05, 3.63) is 36.0 Å². The highest BCUT2D eigenvalue weighted by Gasteiger charge is 2.75. The van der Waals surface area contributed by atoms with E-state index in [-0.39, 0.29) is 18.4 Å². The van der Waals surface area contributed by atoms with Gasteiger partial charge in [-0.05, 0) is 44.1 Å². The van der Waals surface area contributed by atoms with Crippen molar-refractivity contribution in [2.45, 2.75) is 69.9 Å². The van der Waals surface area contributed by atoms with Gasteiger partial charge in [0.2, 0.25) is 5.78 Å². The summed E-state index contributed by atoms with van der Waals surface area (Å²) in [5.41, 5.74) is -5.21. The molecule has 0 aromatic carbocycles. The number of ether oxygens (including phenoxy) is 1. The van der Waals surface area contributed by atoms with Crippen LogP contribution in [0.25, 0.3) is 0 Å². The van der Waals surface area contributed by atoms with Crippen LogP contribution in [0.3, 0.4) is 0 Å². The number of aliphatic hydroxyl groups is 3. The van der Waals surface area contributed by atoms with E-state index in [0.717, 1.165) is 5.57 Å². The van der Waals surface area contributed by atoms with Crippen LogP contribution in [0.1, 0.15) is 46.5 Å². The Hall–Kier alpha value is -1.83. The average molecular weight is 435 g/mol. The second kappa shape index (κ2) is 6.83. The Morgan fingerprint density at radius 1 is 1.29 bits per heavy atom. The van der Waals surface area contributed by atoms with Gasteiger partial charge in [0, 0.05) is 23.7 Å². The molecule has 8 atom stereocenters. The lowest BCUT2D eigenvalue weighted by atomic mass is 9.44. The van der Waals surface area contributed by atoms with E-state index in [1.54, 1.807) is 32.1 Å². The Morgan fingerprint density at radius 2 is 1.97 bits per heavy atom. The third kappa shape index (κ3) is 2.66. The zero-order valence-electron chi connectivity index (χ0n) is 18.2. The molecule has 0 bridgehead atoms. The van der Waals surface area contributed by atoms with Gasteiger partial charge in [0.15, 0.2) is 17.9 Å². The first-order chi connectivity index (χ1) is 14.3. The van der Waals surface area contributed by atoms with Gasteiger partial charge in [-0.3, -0.25) is 9.59 Å². The predicted octanol–water partition coefficient (Wildman–Crippen LogP) is 2.18. The van der Waals surface area contributed by atoms with Crippen molar-refractivity contribution in [3.8, 4) is 0 Å². The first kappa shape index (κ1) is 22.4. The topological polar surface area (TPSA) is 104 Å². The molecule has 4 aliphatic rings. The van der Waals surface area contributed by atoms with E-state index in [9.17, 15) is 24.9 Å². The molecule has 0 aliphatic heterocycles. The summed E-state index contributed by atoms with van der Waals surface area (Å²) >= 11 is 0. The van der Waals surface area contributed by atoms with Gasteiger partial charge in [0.25, 0.3) is 0 Å². The molecule has 1 unspecified atom stereocenters. The van der Waals surface area contributed by atoms with Crippen LogP contribution in [0.15, 0.2) is 36.0 Å². The van der Waals surface area contributed by atoms with Crippen LogP contribution in [0, 0.1) is 22.7 Å². The first-order valence-electron chi connectivity index (χ1n) is 10.8. The van der Waals surface area contributed by atoms with Crippen LogP contribution in [0.2, 0.25) is 0 Å². The Balaban J connectivity index is 1.76. The second-order valence-electron chi connectivity index (χ2n) is 10.1. The van der Waals surface area contributed by atoms with Gasteiger partial charge in [-0.15, -0.1) is 0 Å². The maximum atomic E-state index is 17.0. The number of aliphatic hydroxyl groups excluding tert-OH is 2. The summed E-state index contributed by atoms with van der Waals surface area (Å²) < 4.78 is 21.8. The van der Waals surface area contributed by atoms with Crippen molar-refractivity contribution in [1.29, 1.82) is 0 Å². The lowest BCUT2D eigenvalue weighted by molar-refractivity contribution is -0.215. The number of hydrogen-bond acceptors (Lipinski definition) is 6. The van der Waals surface area contributed by atoms with Crippen molar-refractivity contribution in [3.63, 3.8) is 0 Å². The molecule has 0 amide bonds. The lowest BCUT2D eigenvalue weighted by Crippen LogP contribution is -2.69. The number of rotatable bonds is 3. The van der Waals surface area contributed by atoms with Crippen LogP contribution in [0.5, 0.6) is 0 Å². The lowest BCUT2D eigenvalue weighted by Gasteiger charge is -2.62. The SMILES string of the molecule is C=C1C[C@H]2[C@@H]3CCC4=CC(O)C=C[C@]4(C)[C@@]3(F)[C@@H](O)C[C@]2(C)[C@@]1(O)C(=O)COC(C)=O. The van der Waals surface area contributed by atoms with Gasteiger partial charge in [-0.25, -0.2) is 4.39 Å². The summed E-state index contributed by atoms with van der Waals surface area (Å²) in [6.45, 7) is 7.98. The molecular weight excluding hydrogens is 403 g/mol. The number of carbonyl (C=O) groups excluding carboxylic acids is 2. The van der Waals surface area contributed by atoms with E-state index in [0.29, 0.717) is 12.8 Å². The number of Topliss-reactive ketones (excluding diaryl/α,β-unsaturated/α-hetero) is 1. The number of halogens is 1. The quantitative estimate of drug-likeness (QED) is 0.465. The van der Waals surface area contributed by atoms with E-state index in [2.05, 4.69) is 6.58 Å². The smallest absolute Gasteiger partial charge is 0.303 e. The van der Waals surface area contributed by atoms with Crippen molar-refractivity contribution in [2.24, 2.45) is 22.7 Å². The molecule has 0 spiro atoms. The molecule has 0 heterocycles. The molecule has 7 heteroatoms. The number of alkyl halides is 1. The standard InChI is InChI=1S/C24H31FO6/c1-13-9-18-17-6-5-15-10-16(27)7-8-21(15,3)23(17,25)19(28)11-22(18,4)24(13,30)20(29)12-31-14(2)26/h7-8,10,16-19,27-28,30H,1,5-6,9,11-12H2,2-4H3/t16?,17-,18-,19-,21-,22-,23-,24-/m0/s1. The van der Waals surface area contributed by atoms with Crippen molar-refractivity contribution in [2.75, 3.05) is 6.61 Å². The van der Waals surface area contributed by atoms with Crippen molar-refractivity contribution in [1.82, 2.24) is 0 Å². The zero-order valence-corrected chi connectivity index (χ0v) is 18.2. The second-order valence-corrected chi connectivity index (χ2v) is 10.1. The van der Waals surface area contributed by atoms with E-state index in [4.69, 9.17) is 4.74 Å². The van der Waals surface area contributed by atoms with Crippen LogP contribution in [0.4, 0.5) is 4.39 Å². The normalized spacial score (nSPS) is 48.4. The highest BCUT2D eigenvalue weighted by molar-refractivity contribution is 5.94. The summed E-state index contributed by atoms with van der Waals surface area (Å²) in [7, 11) is 0. The number of carbonyl (C=O) groups is 2. The predicted molar refractivity (Wildman–Crippen MR) is 110 cm³/mol. The molecule has 0 aromatic rings. The molecule has 3 N–H and O–H groups in total. The van der Waals surface area contributed by atoms with Gasteiger partial charge in [-0.1, -0.05) is 37.3 Å². The summed E-state index contributed by atoms with van der Waals surface area (Å²) in [6.07, 6.45) is 3.75. The van der Waals surface area contributed by atoms with E-state index >= 15 is 4.39 Å². The third-order valence-corrected chi connectivity index (χ3v) is 8.75. The highest BCUT2D eigenvalue weighted by Crippen LogP contribution is 2.70. The van der Waals surface area contributed by atoms with Gasteiger partial charge in [0.1, 0.15) is 0 Å². The molecule has 3 fully saturated rings. The molecule has 4 rings (SSSR count). The van der Waals surface area contributed by atoms with Crippen molar-refractivity contribution < 1.29 is 34.0 Å². The minimum atomic E-state index is -2.01. The fourth-order valence-electron chi connectivity index (χ4n) is 7.08. The molecule has 31 heavy (non-hydrogen) atoms. The minimum absolute atomic E-state index is 0.134. The van der Waals surface area contributed by atoms with Crippen LogP contribution in [-0.2, 0) is 14.3 Å². The largest absolute Gasteiger partial charge is 0.458 e. The number of allylic oxidation sites excluding steroid dienone is 2. The zero-order chi connectivity index (χ0) is 23.0. The fraction of sp³-hybridized carbons (Fsp3) is 0.667. The Bertz CT molecular complexity index is 910. The molecule has 0 aromatic heterocycles. The molecule has 0 saturated heterocycles. The average Bonchev–Trinajstić information content (AvgIpc) is 2.89. The maximum Gasteiger partial charge on any atom is 0.303 e. The monoisotopic (exact) mass is 434 g/mol. The number of esters is 1. The Kier molecular flexibility index (Phi) is 4.93. The molecule has 3 saturated carbocycles. The molecule has 170 valence electrons. The summed E-state index contributed by atoms with van der Waals surface area (Å²) in [4.78, 5) is 24.2. The fourth-order valence-corrected chi connectivity index (χ4v) is 7.08. The Labute approximate surface area is 181 Å². The van der Waals surface area contributed by atoms with Crippen LogP contribution >= 0.6 is 0 Å². The van der Waals surface area contributed by atoms with Crippen molar-refractivity contribution >= 4 is 11.8 Å². The third-order valence-electron chi connectivity index (χ3n) is 8.75. The molecule has 0 radical (unpaired) electrons.